The Morgan fingerprint density at radius 1 is 1.33 bits per heavy atom. The lowest BCUT2D eigenvalue weighted by atomic mass is 10.1. The monoisotopic (exact) mass is 298 g/mol. The summed E-state index contributed by atoms with van der Waals surface area (Å²) in [5.74, 6) is -0.406. The van der Waals surface area contributed by atoms with Crippen LogP contribution in [0.3, 0.4) is 0 Å². The molecule has 0 aliphatic carbocycles. The topological polar surface area (TPSA) is 67.0 Å². The Hall–Kier alpha value is -2.64. The molecule has 0 fully saturated rings. The van der Waals surface area contributed by atoms with E-state index in [0.717, 1.165) is 11.1 Å². The average molecular weight is 299 g/mol. The van der Waals surface area contributed by atoms with Gasteiger partial charge in [-0.2, -0.15) is 5.26 Å². The number of halogens is 1. The molecule has 0 bridgehead atoms. The normalized spacial score (nSPS) is 10.8. The fraction of sp³-hybridized carbons (Fsp3) is 0.0625. The highest BCUT2D eigenvalue weighted by Crippen LogP contribution is 2.12. The lowest BCUT2D eigenvalue weighted by molar-refractivity contribution is -0.378. The van der Waals surface area contributed by atoms with Gasteiger partial charge in [-0.1, -0.05) is 23.7 Å². The molecular weight excluding hydrogens is 286 g/mol. The van der Waals surface area contributed by atoms with E-state index >= 15 is 0 Å². The summed E-state index contributed by atoms with van der Waals surface area (Å²) in [5, 5.41) is 12.4. The molecule has 4 nitrogen and oxygen atoms in total. The molecule has 1 amide bonds. The first kappa shape index (κ1) is 14.8. The number of nitrogens with one attached hydrogen (secondary N) is 2. The van der Waals surface area contributed by atoms with Crippen LogP contribution < -0.4 is 10.3 Å². The van der Waals surface area contributed by atoms with Gasteiger partial charge in [0.25, 0.3) is 5.91 Å². The van der Waals surface area contributed by atoms with Gasteiger partial charge in [-0.15, -0.1) is 0 Å². The minimum Gasteiger partial charge on any atom is -0.347 e. The molecule has 0 unspecified atom stereocenters. The number of hydrogen-bond acceptors (Lipinski definition) is 2. The van der Waals surface area contributed by atoms with Gasteiger partial charge in [0.2, 0.25) is 0 Å². The lowest BCUT2D eigenvalue weighted by Crippen LogP contribution is -2.24. The van der Waals surface area contributed by atoms with Gasteiger partial charge in [0.15, 0.2) is 12.4 Å². The standard InChI is InChI=1S/C16H12ClN3O/c17-15-5-3-12(4-6-15)8-14(9-18)16(21)20-11-13-2-1-7-19-10-13/h1-8,10H,11H2,(H,20,21)/p+1. The Bertz CT molecular complexity index is 688. The van der Waals surface area contributed by atoms with E-state index in [9.17, 15) is 4.79 Å². The molecule has 5 heteroatoms. The maximum atomic E-state index is 12.0. The smallest absolute Gasteiger partial charge is 0.262 e. The summed E-state index contributed by atoms with van der Waals surface area (Å²) in [7, 11) is 0. The summed E-state index contributed by atoms with van der Waals surface area (Å²) >= 11 is 5.79. The second-order valence-corrected chi connectivity index (χ2v) is 4.75. The van der Waals surface area contributed by atoms with Crippen molar-refractivity contribution in [2.24, 2.45) is 0 Å². The number of benzene rings is 1. The molecule has 0 aliphatic rings. The Morgan fingerprint density at radius 2 is 2.10 bits per heavy atom. The highest BCUT2D eigenvalue weighted by Gasteiger charge is 2.09. The molecule has 0 radical (unpaired) electrons. The van der Waals surface area contributed by atoms with Crippen molar-refractivity contribution in [2.75, 3.05) is 0 Å². The summed E-state index contributed by atoms with van der Waals surface area (Å²) < 4.78 is 0. The van der Waals surface area contributed by atoms with Crippen molar-refractivity contribution in [3.05, 3.63) is 70.5 Å². The molecule has 1 heterocycles. The maximum absolute atomic E-state index is 12.0. The molecule has 2 N–H and O–H groups in total. The van der Waals surface area contributed by atoms with E-state index in [-0.39, 0.29) is 5.57 Å². The quantitative estimate of drug-likeness (QED) is 0.695. The molecule has 1 aromatic carbocycles. The van der Waals surface area contributed by atoms with Gasteiger partial charge in [-0.3, -0.25) is 4.79 Å². The number of aromatic nitrogens is 1. The van der Waals surface area contributed by atoms with Crippen molar-refractivity contribution in [1.29, 1.82) is 5.26 Å². The van der Waals surface area contributed by atoms with Crippen LogP contribution in [0.5, 0.6) is 0 Å². The van der Waals surface area contributed by atoms with Gasteiger partial charge in [-0.25, -0.2) is 4.98 Å². The first-order valence-corrected chi connectivity index (χ1v) is 6.67. The third-order valence-electron chi connectivity index (χ3n) is 2.77. The van der Waals surface area contributed by atoms with Crippen LogP contribution in [0.2, 0.25) is 5.02 Å². The molecule has 1 aromatic heterocycles. The number of aromatic amines is 1. The number of amides is 1. The first-order chi connectivity index (χ1) is 10.2. The molecule has 0 atom stereocenters. The second-order valence-electron chi connectivity index (χ2n) is 4.32. The third kappa shape index (κ3) is 4.44. The molecule has 0 aliphatic heterocycles. The van der Waals surface area contributed by atoms with E-state index in [1.54, 1.807) is 36.7 Å². The predicted octanol–water partition coefficient (Wildman–Crippen LogP) is 2.38. The lowest BCUT2D eigenvalue weighted by Gasteiger charge is -2.03. The largest absolute Gasteiger partial charge is 0.347 e. The van der Waals surface area contributed by atoms with Crippen molar-refractivity contribution >= 4 is 23.6 Å². The van der Waals surface area contributed by atoms with Gasteiger partial charge in [0, 0.05) is 23.2 Å². The summed E-state index contributed by atoms with van der Waals surface area (Å²) in [5.41, 5.74) is 1.73. The fourth-order valence-electron chi connectivity index (χ4n) is 1.69. The summed E-state index contributed by atoms with van der Waals surface area (Å²) in [6.07, 6.45) is 5.10. The zero-order chi connectivity index (χ0) is 15.1. The van der Waals surface area contributed by atoms with Crippen LogP contribution in [0.4, 0.5) is 0 Å². The van der Waals surface area contributed by atoms with Crippen LogP contribution in [0.1, 0.15) is 11.1 Å². The van der Waals surface area contributed by atoms with E-state index in [2.05, 4.69) is 10.3 Å². The number of carbonyl (C=O) groups excluding carboxylic acids is 1. The van der Waals surface area contributed by atoms with Gasteiger partial charge < -0.3 is 5.32 Å². The number of carbonyl (C=O) groups is 1. The highest BCUT2D eigenvalue weighted by atomic mass is 35.5. The number of hydrogen-bond donors (Lipinski definition) is 1. The molecular formula is C16H13ClN3O+. The molecule has 2 aromatic rings. The average Bonchev–Trinajstić information content (AvgIpc) is 2.53. The van der Waals surface area contributed by atoms with Crippen LogP contribution in [0.15, 0.2) is 54.4 Å². The maximum Gasteiger partial charge on any atom is 0.262 e. The van der Waals surface area contributed by atoms with E-state index in [0.29, 0.717) is 11.6 Å². The van der Waals surface area contributed by atoms with Crippen LogP contribution in [0, 0.1) is 11.3 Å². The van der Waals surface area contributed by atoms with Crippen molar-refractivity contribution in [1.82, 2.24) is 5.32 Å². The van der Waals surface area contributed by atoms with Crippen molar-refractivity contribution < 1.29 is 9.78 Å². The summed E-state index contributed by atoms with van der Waals surface area (Å²) in [6.45, 7) is 0.357. The van der Waals surface area contributed by atoms with Crippen molar-refractivity contribution in [2.45, 2.75) is 6.54 Å². The molecule has 0 spiro atoms. The number of H-pyrrole nitrogens is 1. The molecule has 0 saturated carbocycles. The Morgan fingerprint density at radius 3 is 2.71 bits per heavy atom. The van der Waals surface area contributed by atoms with E-state index < -0.39 is 5.91 Å². The van der Waals surface area contributed by atoms with Gasteiger partial charge in [0.05, 0.1) is 0 Å². The Kier molecular flexibility index (Phi) is 5.08. The number of nitriles is 1. The van der Waals surface area contributed by atoms with Crippen LogP contribution in [-0.4, -0.2) is 5.91 Å². The Balaban J connectivity index is 2.05. The number of nitrogens with zero attached hydrogens (tertiary/aromatic N) is 1. The van der Waals surface area contributed by atoms with Crippen LogP contribution in [0.25, 0.3) is 6.08 Å². The van der Waals surface area contributed by atoms with Gasteiger partial charge in [-0.05, 0) is 29.8 Å². The predicted molar refractivity (Wildman–Crippen MR) is 79.9 cm³/mol. The molecule has 104 valence electrons. The summed E-state index contributed by atoms with van der Waals surface area (Å²) in [4.78, 5) is 14.9. The van der Waals surface area contributed by atoms with E-state index in [1.807, 2.05) is 18.2 Å². The number of rotatable bonds is 4. The Labute approximate surface area is 127 Å². The molecule has 0 saturated heterocycles. The van der Waals surface area contributed by atoms with E-state index in [4.69, 9.17) is 16.9 Å². The van der Waals surface area contributed by atoms with Gasteiger partial charge in [0.1, 0.15) is 11.6 Å². The second kappa shape index (κ2) is 7.22. The van der Waals surface area contributed by atoms with E-state index in [1.165, 1.54) is 6.08 Å². The fourth-order valence-corrected chi connectivity index (χ4v) is 1.82. The highest BCUT2D eigenvalue weighted by molar-refractivity contribution is 6.30. The van der Waals surface area contributed by atoms with Gasteiger partial charge >= 0.3 is 0 Å². The third-order valence-corrected chi connectivity index (χ3v) is 3.02. The summed E-state index contributed by atoms with van der Waals surface area (Å²) in [6, 6.07) is 12.5. The minimum atomic E-state index is -0.406. The van der Waals surface area contributed by atoms with Crippen molar-refractivity contribution in [3.8, 4) is 6.07 Å². The first-order valence-electron chi connectivity index (χ1n) is 6.29. The van der Waals surface area contributed by atoms with Crippen molar-refractivity contribution in [3.63, 3.8) is 0 Å². The molecule has 21 heavy (non-hydrogen) atoms. The van der Waals surface area contributed by atoms with Crippen LogP contribution in [-0.2, 0) is 11.3 Å². The zero-order valence-corrected chi connectivity index (χ0v) is 11.9. The minimum absolute atomic E-state index is 0.0530. The SMILES string of the molecule is N#CC(=Cc1ccc(Cl)cc1)C(=O)NCc1ccc[nH+]c1. The zero-order valence-electron chi connectivity index (χ0n) is 11.1. The molecule has 2 rings (SSSR count). The van der Waals surface area contributed by atoms with Crippen LogP contribution >= 0.6 is 11.6 Å². The number of pyridine rings is 1.